The first kappa shape index (κ1) is 12.2. The fourth-order valence-electron chi connectivity index (χ4n) is 1.09. The van der Waals surface area contributed by atoms with Crippen molar-refractivity contribution in [3.63, 3.8) is 0 Å². The lowest BCUT2D eigenvalue weighted by atomic mass is 10.2. The molecule has 1 aromatic rings. The maximum Gasteiger partial charge on any atom is 0.171 e. The van der Waals surface area contributed by atoms with E-state index in [9.17, 15) is 0 Å². The Labute approximate surface area is 101 Å². The van der Waals surface area contributed by atoms with Crippen molar-refractivity contribution in [2.45, 2.75) is 6.92 Å². The van der Waals surface area contributed by atoms with Gasteiger partial charge in [0.05, 0.1) is 11.3 Å². The minimum Gasteiger partial charge on any atom is -0.359 e. The molecule has 0 saturated carbocycles. The molecule has 0 aliphatic heterocycles. The SMILES string of the molecule is C=C(C)CNC(=S)Nc1ccccc1C#N. The molecule has 0 spiro atoms. The number of benzene rings is 1. The first-order valence-electron chi connectivity index (χ1n) is 4.82. The largest absolute Gasteiger partial charge is 0.359 e. The molecule has 0 bridgehead atoms. The van der Waals surface area contributed by atoms with Crippen molar-refractivity contribution >= 4 is 23.0 Å². The Morgan fingerprint density at radius 3 is 2.81 bits per heavy atom. The predicted molar refractivity (Wildman–Crippen MR) is 70.2 cm³/mol. The molecule has 0 unspecified atom stereocenters. The zero-order chi connectivity index (χ0) is 12.0. The number of hydrogen-bond donors (Lipinski definition) is 2. The van der Waals surface area contributed by atoms with E-state index in [1.165, 1.54) is 0 Å². The van der Waals surface area contributed by atoms with Gasteiger partial charge in [-0.1, -0.05) is 24.3 Å². The minimum absolute atomic E-state index is 0.491. The van der Waals surface area contributed by atoms with Crippen LogP contribution in [0.4, 0.5) is 5.69 Å². The van der Waals surface area contributed by atoms with Crippen molar-refractivity contribution in [2.75, 3.05) is 11.9 Å². The Hall–Kier alpha value is -1.86. The van der Waals surface area contributed by atoms with E-state index in [-0.39, 0.29) is 0 Å². The molecule has 2 N–H and O–H groups in total. The minimum atomic E-state index is 0.491. The van der Waals surface area contributed by atoms with Gasteiger partial charge in [-0.05, 0) is 31.3 Å². The Bertz CT molecular complexity index is 446. The third kappa shape index (κ3) is 3.71. The van der Waals surface area contributed by atoms with Crippen LogP contribution in [0.2, 0.25) is 0 Å². The van der Waals surface area contributed by atoms with Gasteiger partial charge in [0.25, 0.3) is 0 Å². The molecule has 0 fully saturated rings. The van der Waals surface area contributed by atoms with Crippen LogP contribution >= 0.6 is 12.2 Å². The van der Waals surface area contributed by atoms with E-state index in [2.05, 4.69) is 23.3 Å². The van der Waals surface area contributed by atoms with Gasteiger partial charge in [-0.25, -0.2) is 0 Å². The van der Waals surface area contributed by atoms with E-state index in [0.29, 0.717) is 22.9 Å². The highest BCUT2D eigenvalue weighted by Gasteiger charge is 2.02. The maximum absolute atomic E-state index is 8.88. The van der Waals surface area contributed by atoms with Gasteiger partial charge in [-0.2, -0.15) is 5.26 Å². The summed E-state index contributed by atoms with van der Waals surface area (Å²) in [5, 5.41) is 15.3. The van der Waals surface area contributed by atoms with Crippen LogP contribution in [0.1, 0.15) is 12.5 Å². The van der Waals surface area contributed by atoms with Gasteiger partial charge in [-0.3, -0.25) is 0 Å². The molecule has 16 heavy (non-hydrogen) atoms. The summed E-state index contributed by atoms with van der Waals surface area (Å²) in [6.45, 7) is 6.31. The molecule has 1 aromatic carbocycles. The molecule has 0 heterocycles. The molecule has 0 aromatic heterocycles. The van der Waals surface area contributed by atoms with Gasteiger partial charge >= 0.3 is 0 Å². The van der Waals surface area contributed by atoms with Crippen molar-refractivity contribution in [1.82, 2.24) is 5.32 Å². The lowest BCUT2D eigenvalue weighted by molar-refractivity contribution is 1.000. The number of hydrogen-bond acceptors (Lipinski definition) is 2. The van der Waals surface area contributed by atoms with E-state index in [0.717, 1.165) is 5.57 Å². The first-order chi connectivity index (χ1) is 7.63. The second kappa shape index (κ2) is 5.89. The van der Waals surface area contributed by atoms with Crippen LogP contribution in [-0.2, 0) is 0 Å². The summed E-state index contributed by atoms with van der Waals surface area (Å²) in [7, 11) is 0. The van der Waals surface area contributed by atoms with Gasteiger partial charge < -0.3 is 10.6 Å². The fraction of sp³-hybridized carbons (Fsp3) is 0.167. The molecular formula is C12H13N3S. The molecular weight excluding hydrogens is 218 g/mol. The summed E-state index contributed by atoms with van der Waals surface area (Å²) in [6, 6.07) is 9.32. The van der Waals surface area contributed by atoms with E-state index in [4.69, 9.17) is 17.5 Å². The number of para-hydroxylation sites is 1. The maximum atomic E-state index is 8.88. The average Bonchev–Trinajstić information content (AvgIpc) is 2.27. The zero-order valence-electron chi connectivity index (χ0n) is 9.08. The number of nitrogens with one attached hydrogen (secondary N) is 2. The van der Waals surface area contributed by atoms with Crippen molar-refractivity contribution < 1.29 is 0 Å². The Morgan fingerprint density at radius 2 is 2.19 bits per heavy atom. The highest BCUT2D eigenvalue weighted by molar-refractivity contribution is 7.80. The third-order valence-corrected chi connectivity index (χ3v) is 2.09. The Morgan fingerprint density at radius 1 is 1.50 bits per heavy atom. The monoisotopic (exact) mass is 231 g/mol. The lowest BCUT2D eigenvalue weighted by Crippen LogP contribution is -2.29. The summed E-state index contributed by atoms with van der Waals surface area (Å²) >= 11 is 5.09. The summed E-state index contributed by atoms with van der Waals surface area (Å²) < 4.78 is 0. The quantitative estimate of drug-likeness (QED) is 0.619. The first-order valence-corrected chi connectivity index (χ1v) is 5.22. The van der Waals surface area contributed by atoms with Gasteiger partial charge in [-0.15, -0.1) is 0 Å². The van der Waals surface area contributed by atoms with Gasteiger partial charge in [0, 0.05) is 6.54 Å². The molecule has 0 atom stereocenters. The van der Waals surface area contributed by atoms with E-state index >= 15 is 0 Å². The molecule has 1 rings (SSSR count). The number of anilines is 1. The van der Waals surface area contributed by atoms with Crippen LogP contribution in [0.25, 0.3) is 0 Å². The predicted octanol–water partition coefficient (Wildman–Crippen LogP) is 2.42. The molecule has 0 aliphatic carbocycles. The summed E-state index contributed by atoms with van der Waals surface area (Å²) in [5.74, 6) is 0. The average molecular weight is 231 g/mol. The van der Waals surface area contributed by atoms with Crippen LogP contribution in [0.15, 0.2) is 36.4 Å². The molecule has 82 valence electrons. The number of nitriles is 1. The summed E-state index contributed by atoms with van der Waals surface area (Å²) in [5.41, 5.74) is 2.28. The molecule has 0 amide bonds. The number of nitrogens with zero attached hydrogens (tertiary/aromatic N) is 1. The van der Waals surface area contributed by atoms with Crippen LogP contribution in [-0.4, -0.2) is 11.7 Å². The zero-order valence-corrected chi connectivity index (χ0v) is 9.90. The summed E-state index contributed by atoms with van der Waals surface area (Å²) in [4.78, 5) is 0. The number of thiocarbonyl (C=S) groups is 1. The standard InChI is InChI=1S/C12H13N3S/c1-9(2)8-14-12(16)15-11-6-4-3-5-10(11)7-13/h3-6H,1,8H2,2H3,(H2,14,15,16). The second-order valence-electron chi connectivity index (χ2n) is 3.42. The van der Waals surface area contributed by atoms with Crippen LogP contribution in [0.3, 0.4) is 0 Å². The highest BCUT2D eigenvalue weighted by Crippen LogP contribution is 2.12. The topological polar surface area (TPSA) is 47.8 Å². The molecule has 0 aliphatic rings. The van der Waals surface area contributed by atoms with Gasteiger partial charge in [0.2, 0.25) is 0 Å². The third-order valence-electron chi connectivity index (χ3n) is 1.85. The Balaban J connectivity index is 2.63. The van der Waals surface area contributed by atoms with Crippen molar-refractivity contribution in [3.05, 3.63) is 42.0 Å². The lowest BCUT2D eigenvalue weighted by Gasteiger charge is -2.11. The van der Waals surface area contributed by atoms with E-state index < -0.39 is 0 Å². The van der Waals surface area contributed by atoms with Crippen molar-refractivity contribution in [2.24, 2.45) is 0 Å². The van der Waals surface area contributed by atoms with E-state index in [1.807, 2.05) is 25.1 Å². The van der Waals surface area contributed by atoms with Gasteiger partial charge in [0.1, 0.15) is 6.07 Å². The normalized spacial score (nSPS) is 9.00. The molecule has 0 saturated heterocycles. The van der Waals surface area contributed by atoms with Crippen LogP contribution in [0.5, 0.6) is 0 Å². The Kier molecular flexibility index (Phi) is 4.49. The molecule has 3 nitrogen and oxygen atoms in total. The smallest absolute Gasteiger partial charge is 0.171 e. The van der Waals surface area contributed by atoms with Gasteiger partial charge in [0.15, 0.2) is 5.11 Å². The van der Waals surface area contributed by atoms with Crippen molar-refractivity contribution in [3.8, 4) is 6.07 Å². The molecule has 0 radical (unpaired) electrons. The van der Waals surface area contributed by atoms with E-state index in [1.54, 1.807) is 6.07 Å². The van der Waals surface area contributed by atoms with Crippen LogP contribution in [0, 0.1) is 11.3 Å². The molecule has 4 heteroatoms. The highest BCUT2D eigenvalue weighted by atomic mass is 32.1. The number of rotatable bonds is 3. The second-order valence-corrected chi connectivity index (χ2v) is 3.83. The van der Waals surface area contributed by atoms with Crippen molar-refractivity contribution in [1.29, 1.82) is 5.26 Å². The summed E-state index contributed by atoms with van der Waals surface area (Å²) in [6.07, 6.45) is 0. The fourth-order valence-corrected chi connectivity index (χ4v) is 1.27. The van der Waals surface area contributed by atoms with Crippen LogP contribution < -0.4 is 10.6 Å².